The average Bonchev–Trinajstić information content (AvgIpc) is 3.39. The lowest BCUT2D eigenvalue weighted by Crippen LogP contribution is -2.56. The van der Waals surface area contributed by atoms with E-state index in [1.807, 2.05) is 31.4 Å². The SMILES string of the molecule is COc1ccccc1N1C(=O)C2C(c3cccs3)NC(CC(C)C)(C(=O)O)C2C1=O. The molecule has 0 saturated carbocycles. The van der Waals surface area contributed by atoms with Crippen LogP contribution in [0.3, 0.4) is 0 Å². The molecule has 158 valence electrons. The molecule has 4 atom stereocenters. The van der Waals surface area contributed by atoms with Crippen LogP contribution in [0.2, 0.25) is 0 Å². The molecule has 2 fully saturated rings. The highest BCUT2D eigenvalue weighted by Crippen LogP contribution is 2.53. The van der Waals surface area contributed by atoms with Crippen LogP contribution in [0.15, 0.2) is 41.8 Å². The van der Waals surface area contributed by atoms with Gasteiger partial charge in [0, 0.05) is 4.88 Å². The Morgan fingerprint density at radius 3 is 2.57 bits per heavy atom. The van der Waals surface area contributed by atoms with E-state index in [1.54, 1.807) is 24.3 Å². The summed E-state index contributed by atoms with van der Waals surface area (Å²) in [6, 6.07) is 9.99. The van der Waals surface area contributed by atoms with Crippen LogP contribution in [-0.4, -0.2) is 35.5 Å². The van der Waals surface area contributed by atoms with Gasteiger partial charge in [-0.15, -0.1) is 11.3 Å². The number of carboxylic acids is 1. The maximum absolute atomic E-state index is 13.6. The molecule has 7 nitrogen and oxygen atoms in total. The number of rotatable bonds is 6. The Bertz CT molecular complexity index is 989. The number of hydrogen-bond donors (Lipinski definition) is 2. The third-order valence-electron chi connectivity index (χ3n) is 5.94. The lowest BCUT2D eigenvalue weighted by atomic mass is 9.75. The van der Waals surface area contributed by atoms with Gasteiger partial charge in [-0.1, -0.05) is 32.0 Å². The van der Waals surface area contributed by atoms with E-state index in [0.29, 0.717) is 11.4 Å². The Hall–Kier alpha value is -2.71. The number of para-hydroxylation sites is 2. The zero-order chi connectivity index (χ0) is 21.6. The van der Waals surface area contributed by atoms with Crippen molar-refractivity contribution >= 4 is 34.8 Å². The quantitative estimate of drug-likeness (QED) is 0.687. The van der Waals surface area contributed by atoms with E-state index in [1.165, 1.54) is 18.4 Å². The van der Waals surface area contributed by atoms with Gasteiger partial charge in [0.25, 0.3) is 0 Å². The van der Waals surface area contributed by atoms with Crippen LogP contribution in [0, 0.1) is 17.8 Å². The van der Waals surface area contributed by atoms with Crippen molar-refractivity contribution in [2.75, 3.05) is 12.0 Å². The maximum Gasteiger partial charge on any atom is 0.324 e. The van der Waals surface area contributed by atoms with Gasteiger partial charge in [0.15, 0.2) is 0 Å². The summed E-state index contributed by atoms with van der Waals surface area (Å²) in [5.74, 6) is -3.38. The topological polar surface area (TPSA) is 95.9 Å². The largest absolute Gasteiger partial charge is 0.495 e. The van der Waals surface area contributed by atoms with E-state index < -0.39 is 41.2 Å². The summed E-state index contributed by atoms with van der Waals surface area (Å²) < 4.78 is 5.36. The smallest absolute Gasteiger partial charge is 0.324 e. The number of imide groups is 1. The van der Waals surface area contributed by atoms with Crippen molar-refractivity contribution in [2.45, 2.75) is 31.8 Å². The molecule has 8 heteroatoms. The maximum atomic E-state index is 13.6. The van der Waals surface area contributed by atoms with Crippen LogP contribution in [0.4, 0.5) is 5.69 Å². The van der Waals surface area contributed by atoms with Crippen molar-refractivity contribution in [3.63, 3.8) is 0 Å². The summed E-state index contributed by atoms with van der Waals surface area (Å²) in [4.78, 5) is 41.8. The van der Waals surface area contributed by atoms with Crippen LogP contribution in [-0.2, 0) is 14.4 Å². The molecule has 4 rings (SSSR count). The predicted molar refractivity (Wildman–Crippen MR) is 112 cm³/mol. The van der Waals surface area contributed by atoms with E-state index in [0.717, 1.165) is 9.78 Å². The van der Waals surface area contributed by atoms with Crippen molar-refractivity contribution in [2.24, 2.45) is 17.8 Å². The van der Waals surface area contributed by atoms with E-state index in [2.05, 4.69) is 5.32 Å². The highest BCUT2D eigenvalue weighted by molar-refractivity contribution is 7.10. The van der Waals surface area contributed by atoms with Gasteiger partial charge < -0.3 is 9.84 Å². The summed E-state index contributed by atoms with van der Waals surface area (Å²) >= 11 is 1.45. The van der Waals surface area contributed by atoms with Crippen LogP contribution in [0.1, 0.15) is 31.2 Å². The molecular weight excluding hydrogens is 404 g/mol. The molecule has 1 aromatic heterocycles. The average molecular weight is 429 g/mol. The number of amides is 2. The highest BCUT2D eigenvalue weighted by Gasteiger charge is 2.69. The molecular formula is C22H24N2O5S. The van der Waals surface area contributed by atoms with Crippen molar-refractivity contribution in [1.82, 2.24) is 5.32 Å². The van der Waals surface area contributed by atoms with Gasteiger partial charge in [0.1, 0.15) is 11.3 Å². The second-order valence-corrected chi connectivity index (χ2v) is 9.18. The number of hydrogen-bond acceptors (Lipinski definition) is 6. The lowest BCUT2D eigenvalue weighted by Gasteiger charge is -2.32. The van der Waals surface area contributed by atoms with Crippen LogP contribution in [0.25, 0.3) is 0 Å². The number of nitrogens with zero attached hydrogens (tertiary/aromatic N) is 1. The Morgan fingerprint density at radius 1 is 1.23 bits per heavy atom. The standard InChI is InChI=1S/C22H24N2O5S/c1-12(2)11-22(21(27)28)17-16(18(23-22)15-9-6-10-30-15)19(25)24(20(17)26)13-7-4-5-8-14(13)29-3/h4-10,12,16-18,23H,11H2,1-3H3,(H,27,28). The number of benzene rings is 1. The Balaban J connectivity index is 1.87. The number of carbonyl (C=O) groups excluding carboxylic acids is 2. The minimum Gasteiger partial charge on any atom is -0.495 e. The second kappa shape index (κ2) is 7.52. The number of ether oxygens (including phenoxy) is 1. The molecule has 0 aliphatic carbocycles. The summed E-state index contributed by atoms with van der Waals surface area (Å²) in [6.07, 6.45) is 0.240. The molecule has 0 bridgehead atoms. The molecule has 2 aliphatic rings. The Labute approximate surface area is 178 Å². The van der Waals surface area contributed by atoms with Gasteiger partial charge in [-0.05, 0) is 35.9 Å². The third kappa shape index (κ3) is 2.94. The fourth-order valence-electron chi connectivity index (χ4n) is 4.88. The molecule has 4 unspecified atom stereocenters. The molecule has 2 aromatic rings. The minimum absolute atomic E-state index is 0.0135. The summed E-state index contributed by atoms with van der Waals surface area (Å²) in [5, 5.41) is 15.4. The van der Waals surface area contributed by atoms with Gasteiger partial charge in [0.2, 0.25) is 11.8 Å². The first kappa shape index (κ1) is 20.6. The van der Waals surface area contributed by atoms with Gasteiger partial charge >= 0.3 is 5.97 Å². The first-order valence-corrected chi connectivity index (χ1v) is 10.7. The number of fused-ring (bicyclic) bond motifs is 1. The second-order valence-electron chi connectivity index (χ2n) is 8.20. The molecule has 3 heterocycles. The Morgan fingerprint density at radius 2 is 1.97 bits per heavy atom. The Kier molecular flexibility index (Phi) is 5.15. The minimum atomic E-state index is -1.52. The number of nitrogens with one attached hydrogen (secondary N) is 1. The molecule has 2 amide bonds. The normalized spacial score (nSPS) is 28.3. The summed E-state index contributed by atoms with van der Waals surface area (Å²) in [5.41, 5.74) is -1.17. The third-order valence-corrected chi connectivity index (χ3v) is 6.90. The zero-order valence-electron chi connectivity index (χ0n) is 17.0. The number of carboxylic acid groups (broad SMARTS) is 1. The fraction of sp³-hybridized carbons (Fsp3) is 0.409. The van der Waals surface area contributed by atoms with Crippen LogP contribution in [0.5, 0.6) is 5.75 Å². The fourth-order valence-corrected chi connectivity index (χ4v) is 5.71. The van der Waals surface area contributed by atoms with Crippen molar-refractivity contribution in [3.8, 4) is 5.75 Å². The van der Waals surface area contributed by atoms with Gasteiger partial charge in [-0.2, -0.15) is 0 Å². The molecule has 1 aromatic carbocycles. The number of anilines is 1. The van der Waals surface area contributed by atoms with Crippen molar-refractivity contribution in [3.05, 3.63) is 46.7 Å². The van der Waals surface area contributed by atoms with Crippen molar-refractivity contribution < 1.29 is 24.2 Å². The van der Waals surface area contributed by atoms with E-state index in [9.17, 15) is 19.5 Å². The molecule has 2 aliphatic heterocycles. The predicted octanol–water partition coefficient (Wildman–Crippen LogP) is 3.08. The zero-order valence-corrected chi connectivity index (χ0v) is 17.8. The van der Waals surface area contributed by atoms with E-state index in [-0.39, 0.29) is 12.3 Å². The monoisotopic (exact) mass is 428 g/mol. The number of methoxy groups -OCH3 is 1. The van der Waals surface area contributed by atoms with E-state index >= 15 is 0 Å². The number of thiophene rings is 1. The number of carbonyl (C=O) groups is 3. The first-order chi connectivity index (χ1) is 14.3. The van der Waals surface area contributed by atoms with Gasteiger partial charge in [-0.3, -0.25) is 19.7 Å². The molecule has 2 N–H and O–H groups in total. The van der Waals surface area contributed by atoms with E-state index in [4.69, 9.17) is 4.74 Å². The molecule has 0 radical (unpaired) electrons. The highest BCUT2D eigenvalue weighted by atomic mass is 32.1. The number of aliphatic carboxylic acids is 1. The van der Waals surface area contributed by atoms with Crippen LogP contribution >= 0.6 is 11.3 Å². The van der Waals surface area contributed by atoms with Crippen LogP contribution < -0.4 is 15.0 Å². The molecule has 30 heavy (non-hydrogen) atoms. The first-order valence-electron chi connectivity index (χ1n) is 9.87. The van der Waals surface area contributed by atoms with Crippen molar-refractivity contribution in [1.29, 1.82) is 0 Å². The molecule has 0 spiro atoms. The summed E-state index contributed by atoms with van der Waals surface area (Å²) in [6.45, 7) is 3.83. The van der Waals surface area contributed by atoms with Gasteiger partial charge in [-0.25, -0.2) is 4.90 Å². The lowest BCUT2D eigenvalue weighted by molar-refractivity contribution is -0.149. The molecule has 2 saturated heterocycles. The van der Waals surface area contributed by atoms with Gasteiger partial charge in [0.05, 0.1) is 30.7 Å². The summed E-state index contributed by atoms with van der Waals surface area (Å²) in [7, 11) is 1.47.